The summed E-state index contributed by atoms with van der Waals surface area (Å²) in [5, 5.41) is 15.3. The van der Waals surface area contributed by atoms with Crippen LogP contribution >= 0.6 is 0 Å². The Labute approximate surface area is 162 Å². The third-order valence-electron chi connectivity index (χ3n) is 4.41. The fraction of sp³-hybridized carbons (Fsp3) is 0.167. The molecule has 4 amide bonds. The molecule has 9 nitrogen and oxygen atoms in total. The number of hydrogen-bond donors (Lipinski definition) is 2. The molecule has 1 heterocycles. The quantitative estimate of drug-likeness (QED) is 0.450. The molecule has 0 aromatic heterocycles. The topological polar surface area (TPSA) is 122 Å². The molecule has 1 aliphatic rings. The number of anilines is 1. The Hall–Kier alpha value is -3.89. The summed E-state index contributed by atoms with van der Waals surface area (Å²) < 4.78 is 27.6. The van der Waals surface area contributed by atoms with Crippen molar-refractivity contribution in [3.05, 3.63) is 69.8 Å². The van der Waals surface area contributed by atoms with E-state index in [4.69, 9.17) is 0 Å². The average molecular weight is 404 g/mol. The Morgan fingerprint density at radius 1 is 1.21 bits per heavy atom. The molecule has 1 atom stereocenters. The van der Waals surface area contributed by atoms with E-state index in [1.807, 2.05) is 0 Å². The van der Waals surface area contributed by atoms with Crippen molar-refractivity contribution in [3.8, 4) is 0 Å². The van der Waals surface area contributed by atoms with Gasteiger partial charge in [0, 0.05) is 23.4 Å². The van der Waals surface area contributed by atoms with Crippen LogP contribution in [0.15, 0.2) is 42.5 Å². The van der Waals surface area contributed by atoms with Gasteiger partial charge in [-0.2, -0.15) is 0 Å². The maximum atomic E-state index is 14.1. The van der Waals surface area contributed by atoms with Crippen LogP contribution in [0.25, 0.3) is 0 Å². The molecule has 0 aliphatic carbocycles. The van der Waals surface area contributed by atoms with Crippen molar-refractivity contribution in [1.29, 1.82) is 0 Å². The van der Waals surface area contributed by atoms with E-state index in [2.05, 4.69) is 10.6 Å². The number of halogens is 2. The highest BCUT2D eigenvalue weighted by atomic mass is 19.1. The lowest BCUT2D eigenvalue weighted by molar-refractivity contribution is -0.384. The Morgan fingerprint density at radius 2 is 1.86 bits per heavy atom. The van der Waals surface area contributed by atoms with Gasteiger partial charge in [0.25, 0.3) is 11.6 Å². The van der Waals surface area contributed by atoms with Gasteiger partial charge in [-0.3, -0.25) is 24.6 Å². The van der Waals surface area contributed by atoms with Gasteiger partial charge in [0.05, 0.1) is 4.92 Å². The highest BCUT2D eigenvalue weighted by Gasteiger charge is 2.50. The number of amides is 4. The number of carbonyl (C=O) groups excluding carboxylic acids is 3. The molecule has 2 aromatic carbocycles. The molecule has 1 saturated heterocycles. The smallest absolute Gasteiger partial charge is 0.325 e. The van der Waals surface area contributed by atoms with Crippen LogP contribution in [-0.4, -0.2) is 34.2 Å². The number of rotatable bonds is 5. The number of carbonyl (C=O) groups is 3. The van der Waals surface area contributed by atoms with Crippen LogP contribution in [0, 0.1) is 21.7 Å². The van der Waals surface area contributed by atoms with Gasteiger partial charge >= 0.3 is 6.03 Å². The molecule has 0 saturated carbocycles. The summed E-state index contributed by atoms with van der Waals surface area (Å²) in [6, 6.07) is 6.48. The van der Waals surface area contributed by atoms with Crippen LogP contribution in [0.2, 0.25) is 0 Å². The molecule has 3 rings (SSSR count). The molecule has 1 fully saturated rings. The van der Waals surface area contributed by atoms with Crippen LogP contribution in [0.3, 0.4) is 0 Å². The van der Waals surface area contributed by atoms with E-state index >= 15 is 0 Å². The van der Waals surface area contributed by atoms with Gasteiger partial charge in [0.2, 0.25) is 5.91 Å². The van der Waals surface area contributed by atoms with Gasteiger partial charge in [0.1, 0.15) is 23.7 Å². The number of urea groups is 1. The van der Waals surface area contributed by atoms with Crippen molar-refractivity contribution >= 4 is 29.2 Å². The average Bonchev–Trinajstić information content (AvgIpc) is 2.88. The molecular weight excluding hydrogens is 390 g/mol. The summed E-state index contributed by atoms with van der Waals surface area (Å²) in [7, 11) is 0. The standard InChI is InChI=1S/C18H14F2N4O5/c1-18(13-8-10(19)2-7-14(13)20)16(26)23(17(27)22-18)9-15(25)21-11-3-5-12(6-4-11)24(28)29/h2-8H,9H2,1H3,(H,21,25)(H,22,27)/t18-/m0/s1. The summed E-state index contributed by atoms with van der Waals surface area (Å²) in [4.78, 5) is 47.7. The van der Waals surface area contributed by atoms with Crippen molar-refractivity contribution in [2.75, 3.05) is 11.9 Å². The molecule has 0 radical (unpaired) electrons. The van der Waals surface area contributed by atoms with E-state index in [9.17, 15) is 33.3 Å². The first kappa shape index (κ1) is 19.9. The number of nitrogens with one attached hydrogen (secondary N) is 2. The SMILES string of the molecule is C[C@@]1(c2cc(F)ccc2F)NC(=O)N(CC(=O)Nc2ccc([N+](=O)[O-])cc2)C1=O. The van der Waals surface area contributed by atoms with Gasteiger partial charge in [-0.05, 0) is 37.3 Å². The minimum absolute atomic E-state index is 0.176. The summed E-state index contributed by atoms with van der Waals surface area (Å²) in [5.74, 6) is -3.36. The second kappa shape index (κ2) is 7.26. The van der Waals surface area contributed by atoms with Crippen LogP contribution in [0.1, 0.15) is 12.5 Å². The van der Waals surface area contributed by atoms with Crippen molar-refractivity contribution in [2.24, 2.45) is 0 Å². The summed E-state index contributed by atoms with van der Waals surface area (Å²) in [6.45, 7) is 0.521. The highest BCUT2D eigenvalue weighted by Crippen LogP contribution is 2.31. The number of non-ortho nitro benzene ring substituents is 1. The van der Waals surface area contributed by atoms with Gasteiger partial charge in [0.15, 0.2) is 0 Å². The number of benzene rings is 2. The van der Waals surface area contributed by atoms with Gasteiger partial charge in [-0.15, -0.1) is 0 Å². The van der Waals surface area contributed by atoms with Crippen molar-refractivity contribution in [1.82, 2.24) is 10.2 Å². The van der Waals surface area contributed by atoms with Crippen LogP contribution in [-0.2, 0) is 15.1 Å². The normalized spacial score (nSPS) is 18.5. The summed E-state index contributed by atoms with van der Waals surface area (Å²) in [6.07, 6.45) is 0. The highest BCUT2D eigenvalue weighted by molar-refractivity contribution is 6.10. The molecule has 0 bridgehead atoms. The minimum atomic E-state index is -1.88. The lowest BCUT2D eigenvalue weighted by Crippen LogP contribution is -2.42. The molecular formula is C18H14F2N4O5. The Kier molecular flexibility index (Phi) is 4.97. The Balaban J connectivity index is 1.75. The second-order valence-electron chi connectivity index (χ2n) is 6.42. The van der Waals surface area contributed by atoms with E-state index in [0.717, 1.165) is 18.2 Å². The fourth-order valence-electron chi connectivity index (χ4n) is 2.91. The molecule has 0 unspecified atom stereocenters. The number of nitro benzene ring substituents is 1. The first-order chi connectivity index (χ1) is 13.6. The molecule has 29 heavy (non-hydrogen) atoms. The van der Waals surface area contributed by atoms with Crippen LogP contribution in [0.4, 0.5) is 25.0 Å². The zero-order valence-electron chi connectivity index (χ0n) is 14.9. The zero-order chi connectivity index (χ0) is 21.3. The molecule has 0 spiro atoms. The third kappa shape index (κ3) is 3.74. The molecule has 1 aliphatic heterocycles. The van der Waals surface area contributed by atoms with Gasteiger partial charge in [-0.25, -0.2) is 13.6 Å². The van der Waals surface area contributed by atoms with E-state index in [0.29, 0.717) is 4.90 Å². The minimum Gasteiger partial charge on any atom is -0.325 e. The summed E-state index contributed by atoms with van der Waals surface area (Å²) >= 11 is 0. The van der Waals surface area contributed by atoms with E-state index < -0.39 is 46.5 Å². The predicted molar refractivity (Wildman–Crippen MR) is 95.7 cm³/mol. The lowest BCUT2D eigenvalue weighted by atomic mass is 9.91. The zero-order valence-corrected chi connectivity index (χ0v) is 14.9. The first-order valence-corrected chi connectivity index (χ1v) is 8.26. The lowest BCUT2D eigenvalue weighted by Gasteiger charge is -2.22. The first-order valence-electron chi connectivity index (χ1n) is 8.26. The van der Waals surface area contributed by atoms with Crippen molar-refractivity contribution < 1.29 is 28.1 Å². The van der Waals surface area contributed by atoms with Crippen LogP contribution in [0.5, 0.6) is 0 Å². The van der Waals surface area contributed by atoms with Gasteiger partial charge < -0.3 is 10.6 Å². The van der Waals surface area contributed by atoms with E-state index in [1.165, 1.54) is 31.2 Å². The predicted octanol–water partition coefficient (Wildman–Crippen LogP) is 2.28. The number of nitrogens with zero attached hydrogens (tertiary/aromatic N) is 2. The van der Waals surface area contributed by atoms with E-state index in [1.54, 1.807) is 0 Å². The molecule has 150 valence electrons. The number of imide groups is 1. The monoisotopic (exact) mass is 404 g/mol. The molecule has 2 aromatic rings. The Bertz CT molecular complexity index is 1030. The fourth-order valence-corrected chi connectivity index (χ4v) is 2.91. The number of nitro groups is 1. The van der Waals surface area contributed by atoms with Gasteiger partial charge in [-0.1, -0.05) is 0 Å². The maximum absolute atomic E-state index is 14.1. The molecule has 11 heteroatoms. The number of hydrogen-bond acceptors (Lipinski definition) is 5. The van der Waals surface area contributed by atoms with Crippen LogP contribution < -0.4 is 10.6 Å². The van der Waals surface area contributed by atoms with Crippen molar-refractivity contribution in [2.45, 2.75) is 12.5 Å². The summed E-state index contributed by atoms with van der Waals surface area (Å²) in [5.41, 5.74) is -2.21. The van der Waals surface area contributed by atoms with E-state index in [-0.39, 0.29) is 16.9 Å². The molecule has 2 N–H and O–H groups in total. The largest absolute Gasteiger partial charge is 0.325 e. The third-order valence-corrected chi connectivity index (χ3v) is 4.41. The Morgan fingerprint density at radius 3 is 2.48 bits per heavy atom. The second-order valence-corrected chi connectivity index (χ2v) is 6.42. The van der Waals surface area contributed by atoms with Crippen molar-refractivity contribution in [3.63, 3.8) is 0 Å². The maximum Gasteiger partial charge on any atom is 0.325 e.